The molecule has 4 rings (SSSR count). The molecular weight excluding hydrogens is 378 g/mol. The fourth-order valence-electron chi connectivity index (χ4n) is 3.18. The van der Waals surface area contributed by atoms with Crippen LogP contribution >= 0.6 is 0 Å². The Labute approximate surface area is 165 Å². The number of hydrogen-bond acceptors (Lipinski definition) is 6. The summed E-state index contributed by atoms with van der Waals surface area (Å²) < 4.78 is 10.8. The second-order valence-electron chi connectivity index (χ2n) is 6.53. The highest BCUT2D eigenvalue weighted by molar-refractivity contribution is 5.93. The standard InChI is InChI=1S/C20H17N3O6/c24-19(17-2-1-13-28-17)21-9-11-22(12-10-21)20(25)18-8-7-16(29-18)14-3-5-15(6-4-14)23(26)27/h1-8,13H,9-12H2. The zero-order valence-electron chi connectivity index (χ0n) is 15.3. The van der Waals surface area contributed by atoms with Gasteiger partial charge in [-0.15, -0.1) is 0 Å². The van der Waals surface area contributed by atoms with E-state index in [0.29, 0.717) is 37.5 Å². The Morgan fingerprint density at radius 2 is 1.48 bits per heavy atom. The summed E-state index contributed by atoms with van der Waals surface area (Å²) >= 11 is 0. The molecule has 1 saturated heterocycles. The number of furan rings is 2. The quantitative estimate of drug-likeness (QED) is 0.496. The highest BCUT2D eigenvalue weighted by atomic mass is 16.6. The number of non-ortho nitro benzene ring substituents is 1. The van der Waals surface area contributed by atoms with E-state index in [1.807, 2.05) is 0 Å². The minimum absolute atomic E-state index is 0.0152. The van der Waals surface area contributed by atoms with Gasteiger partial charge < -0.3 is 18.6 Å². The first-order chi connectivity index (χ1) is 14.0. The van der Waals surface area contributed by atoms with E-state index < -0.39 is 4.92 Å². The Hall–Kier alpha value is -3.88. The lowest BCUT2D eigenvalue weighted by Gasteiger charge is -2.33. The van der Waals surface area contributed by atoms with Gasteiger partial charge in [0, 0.05) is 43.9 Å². The number of carbonyl (C=O) groups excluding carboxylic acids is 2. The number of carbonyl (C=O) groups is 2. The number of nitro groups is 1. The monoisotopic (exact) mass is 395 g/mol. The third-order valence-corrected chi connectivity index (χ3v) is 4.77. The van der Waals surface area contributed by atoms with Crippen molar-refractivity contribution in [1.82, 2.24) is 9.80 Å². The van der Waals surface area contributed by atoms with Gasteiger partial charge in [-0.2, -0.15) is 0 Å². The molecule has 29 heavy (non-hydrogen) atoms. The summed E-state index contributed by atoms with van der Waals surface area (Å²) in [5.74, 6) is 0.464. The molecule has 2 amide bonds. The van der Waals surface area contributed by atoms with Crippen LogP contribution in [0, 0.1) is 10.1 Å². The first-order valence-electron chi connectivity index (χ1n) is 8.99. The molecule has 0 bridgehead atoms. The summed E-state index contributed by atoms with van der Waals surface area (Å²) in [4.78, 5) is 38.6. The van der Waals surface area contributed by atoms with Gasteiger partial charge in [0.1, 0.15) is 5.76 Å². The van der Waals surface area contributed by atoms with Crippen molar-refractivity contribution in [2.75, 3.05) is 26.2 Å². The van der Waals surface area contributed by atoms with Crippen LogP contribution in [-0.4, -0.2) is 52.7 Å². The van der Waals surface area contributed by atoms with E-state index in [1.54, 1.807) is 46.2 Å². The molecule has 3 heterocycles. The second-order valence-corrected chi connectivity index (χ2v) is 6.53. The average Bonchev–Trinajstić information content (AvgIpc) is 3.45. The van der Waals surface area contributed by atoms with Gasteiger partial charge in [-0.1, -0.05) is 0 Å². The predicted octanol–water partition coefficient (Wildman–Crippen LogP) is 3.05. The maximum atomic E-state index is 12.7. The van der Waals surface area contributed by atoms with Crippen LogP contribution in [0.15, 0.2) is 63.6 Å². The zero-order valence-corrected chi connectivity index (χ0v) is 15.3. The Morgan fingerprint density at radius 3 is 2.03 bits per heavy atom. The fourth-order valence-corrected chi connectivity index (χ4v) is 3.18. The van der Waals surface area contributed by atoms with Crippen molar-refractivity contribution in [3.63, 3.8) is 0 Å². The van der Waals surface area contributed by atoms with Crippen molar-refractivity contribution in [3.05, 3.63) is 76.4 Å². The lowest BCUT2D eigenvalue weighted by molar-refractivity contribution is -0.384. The average molecular weight is 395 g/mol. The molecular formula is C20H17N3O6. The topological polar surface area (TPSA) is 110 Å². The van der Waals surface area contributed by atoms with Crippen molar-refractivity contribution >= 4 is 17.5 Å². The van der Waals surface area contributed by atoms with Gasteiger partial charge in [-0.25, -0.2) is 0 Å². The van der Waals surface area contributed by atoms with Crippen molar-refractivity contribution < 1.29 is 23.3 Å². The van der Waals surface area contributed by atoms with Crippen LogP contribution in [0.3, 0.4) is 0 Å². The molecule has 3 aromatic rings. The molecule has 0 radical (unpaired) electrons. The Bertz CT molecular complexity index is 1030. The molecule has 9 heteroatoms. The maximum absolute atomic E-state index is 12.7. The highest BCUT2D eigenvalue weighted by Gasteiger charge is 2.28. The summed E-state index contributed by atoms with van der Waals surface area (Å²) in [6.07, 6.45) is 1.45. The third-order valence-electron chi connectivity index (χ3n) is 4.77. The number of piperazine rings is 1. The van der Waals surface area contributed by atoms with E-state index in [0.717, 1.165) is 0 Å². The smallest absolute Gasteiger partial charge is 0.289 e. The highest BCUT2D eigenvalue weighted by Crippen LogP contribution is 2.25. The minimum Gasteiger partial charge on any atom is -0.459 e. The number of amides is 2. The van der Waals surface area contributed by atoms with Gasteiger partial charge in [-0.3, -0.25) is 19.7 Å². The van der Waals surface area contributed by atoms with E-state index in [2.05, 4.69) is 0 Å². The van der Waals surface area contributed by atoms with E-state index >= 15 is 0 Å². The van der Waals surface area contributed by atoms with E-state index in [-0.39, 0.29) is 29.0 Å². The van der Waals surface area contributed by atoms with Crippen LogP contribution in [0.2, 0.25) is 0 Å². The van der Waals surface area contributed by atoms with Gasteiger partial charge >= 0.3 is 0 Å². The summed E-state index contributed by atoms with van der Waals surface area (Å²) in [6.45, 7) is 1.58. The molecule has 0 N–H and O–H groups in total. The van der Waals surface area contributed by atoms with Crippen molar-refractivity contribution in [2.45, 2.75) is 0 Å². The van der Waals surface area contributed by atoms with Crippen molar-refractivity contribution in [2.24, 2.45) is 0 Å². The zero-order chi connectivity index (χ0) is 20.4. The van der Waals surface area contributed by atoms with Gasteiger partial charge in [0.2, 0.25) is 0 Å². The number of benzene rings is 1. The molecule has 0 unspecified atom stereocenters. The van der Waals surface area contributed by atoms with Crippen molar-refractivity contribution in [3.8, 4) is 11.3 Å². The van der Waals surface area contributed by atoms with Crippen LogP contribution in [0.4, 0.5) is 5.69 Å². The van der Waals surface area contributed by atoms with Gasteiger partial charge in [0.05, 0.1) is 11.2 Å². The SMILES string of the molecule is O=C(c1ccco1)N1CCN(C(=O)c2ccc(-c3ccc([N+](=O)[O-])cc3)o2)CC1. The van der Waals surface area contributed by atoms with Crippen LogP contribution in [-0.2, 0) is 0 Å². The van der Waals surface area contributed by atoms with E-state index in [9.17, 15) is 19.7 Å². The number of rotatable bonds is 4. The molecule has 1 aromatic carbocycles. The first kappa shape index (κ1) is 18.5. The molecule has 0 saturated carbocycles. The molecule has 2 aromatic heterocycles. The number of nitrogens with zero attached hydrogens (tertiary/aromatic N) is 3. The first-order valence-corrected chi connectivity index (χ1v) is 8.99. The molecule has 9 nitrogen and oxygen atoms in total. The Morgan fingerprint density at radius 1 is 0.862 bits per heavy atom. The summed E-state index contributed by atoms with van der Waals surface area (Å²) in [5, 5.41) is 10.8. The van der Waals surface area contributed by atoms with Gasteiger partial charge in [-0.05, 0) is 36.4 Å². The predicted molar refractivity (Wildman–Crippen MR) is 101 cm³/mol. The van der Waals surface area contributed by atoms with Gasteiger partial charge in [0.15, 0.2) is 11.5 Å². The largest absolute Gasteiger partial charge is 0.459 e. The molecule has 1 aliphatic heterocycles. The van der Waals surface area contributed by atoms with Crippen LogP contribution < -0.4 is 0 Å². The van der Waals surface area contributed by atoms with Gasteiger partial charge in [0.25, 0.3) is 17.5 Å². The van der Waals surface area contributed by atoms with Crippen LogP contribution in [0.5, 0.6) is 0 Å². The Kier molecular flexibility index (Phi) is 4.86. The molecule has 1 aliphatic rings. The second kappa shape index (κ2) is 7.63. The lowest BCUT2D eigenvalue weighted by Crippen LogP contribution is -2.50. The third kappa shape index (κ3) is 3.75. The minimum atomic E-state index is -0.475. The lowest BCUT2D eigenvalue weighted by atomic mass is 10.1. The number of hydrogen-bond donors (Lipinski definition) is 0. The summed E-state index contributed by atoms with van der Waals surface area (Å²) in [5.41, 5.74) is 0.627. The van der Waals surface area contributed by atoms with Crippen LogP contribution in [0.25, 0.3) is 11.3 Å². The van der Waals surface area contributed by atoms with E-state index in [1.165, 1.54) is 18.4 Å². The Balaban J connectivity index is 1.39. The molecule has 148 valence electrons. The maximum Gasteiger partial charge on any atom is 0.289 e. The number of nitro benzene ring substituents is 1. The summed E-state index contributed by atoms with van der Waals surface area (Å²) in [7, 11) is 0. The normalized spacial score (nSPS) is 14.1. The molecule has 1 fully saturated rings. The van der Waals surface area contributed by atoms with Crippen molar-refractivity contribution in [1.29, 1.82) is 0 Å². The van der Waals surface area contributed by atoms with E-state index in [4.69, 9.17) is 8.83 Å². The van der Waals surface area contributed by atoms with Crippen LogP contribution in [0.1, 0.15) is 21.1 Å². The molecule has 0 atom stereocenters. The fraction of sp³-hybridized carbons (Fsp3) is 0.200. The molecule has 0 spiro atoms. The summed E-state index contributed by atoms with van der Waals surface area (Å²) in [6, 6.07) is 12.4. The molecule has 0 aliphatic carbocycles.